The quantitative estimate of drug-likeness (QED) is 0.743. The zero-order valence-electron chi connectivity index (χ0n) is 14.7. The largest absolute Gasteiger partial charge is 0.466 e. The molecule has 4 rings (SSSR count). The third-order valence-corrected chi connectivity index (χ3v) is 4.68. The molecular weight excluding hydrogens is 351 g/mol. The van der Waals surface area contributed by atoms with Gasteiger partial charge < -0.3 is 15.1 Å². The van der Waals surface area contributed by atoms with Crippen molar-refractivity contribution in [3.63, 3.8) is 0 Å². The molecule has 0 unspecified atom stereocenters. The molecule has 0 spiro atoms. The van der Waals surface area contributed by atoms with Crippen molar-refractivity contribution in [2.24, 2.45) is 5.73 Å². The monoisotopic (exact) mass is 370 g/mol. The van der Waals surface area contributed by atoms with Gasteiger partial charge in [-0.05, 0) is 48.5 Å². The number of aryl methyl sites for hydroxylation is 1. The van der Waals surface area contributed by atoms with Crippen molar-refractivity contribution in [2.75, 3.05) is 13.1 Å². The predicted octanol–water partition coefficient (Wildman–Crippen LogP) is 1.33. The highest BCUT2D eigenvalue weighted by atomic mass is 19.1. The highest BCUT2D eigenvalue weighted by Crippen LogP contribution is 2.28. The van der Waals surface area contributed by atoms with E-state index in [0.29, 0.717) is 24.5 Å². The summed E-state index contributed by atoms with van der Waals surface area (Å²) in [5.74, 6) is 1.45. The number of hydrogen-bond acceptors (Lipinski definition) is 6. The lowest BCUT2D eigenvalue weighted by Gasteiger charge is -2.15. The first kappa shape index (κ1) is 17.3. The van der Waals surface area contributed by atoms with Crippen molar-refractivity contribution in [2.45, 2.75) is 25.4 Å². The third kappa shape index (κ3) is 3.59. The van der Waals surface area contributed by atoms with Crippen molar-refractivity contribution in [1.82, 2.24) is 25.1 Å². The maximum atomic E-state index is 13.0. The molecule has 1 aliphatic rings. The van der Waals surface area contributed by atoms with E-state index in [1.165, 1.54) is 16.9 Å². The van der Waals surface area contributed by atoms with Crippen LogP contribution in [0.4, 0.5) is 4.39 Å². The highest BCUT2D eigenvalue weighted by Gasteiger charge is 2.35. The Bertz CT molecular complexity index is 951. The van der Waals surface area contributed by atoms with Crippen LogP contribution in [0.1, 0.15) is 17.4 Å². The zero-order valence-corrected chi connectivity index (χ0v) is 14.7. The number of aromatic nitrogens is 4. The Morgan fingerprint density at radius 2 is 2.04 bits per heavy atom. The molecule has 8 nitrogen and oxygen atoms in total. The summed E-state index contributed by atoms with van der Waals surface area (Å²) in [4.78, 5) is 15.5. The van der Waals surface area contributed by atoms with Crippen LogP contribution in [0, 0.1) is 12.7 Å². The molecule has 9 heteroatoms. The number of carbonyl (C=O) groups is 1. The van der Waals surface area contributed by atoms with Crippen LogP contribution in [0.25, 0.3) is 11.4 Å². The molecule has 1 aliphatic heterocycles. The standard InChI is InChI=1S/C18H19FN6O2/c1-11-2-7-16(27-11)14-8-24(9-15(14)20)17(26)10-25-22-18(21-23-25)12-3-5-13(19)6-4-12/h2-7,14-15H,8-10,20H2,1H3/t14-,15-/m1/s1. The number of nitrogens with two attached hydrogens (primary N) is 1. The third-order valence-electron chi connectivity index (χ3n) is 4.68. The Balaban J connectivity index is 1.42. The van der Waals surface area contributed by atoms with Crippen molar-refractivity contribution in [3.8, 4) is 11.4 Å². The van der Waals surface area contributed by atoms with Crippen LogP contribution < -0.4 is 5.73 Å². The molecule has 1 aromatic carbocycles. The number of halogens is 1. The number of furan rings is 1. The van der Waals surface area contributed by atoms with Crippen LogP contribution in [-0.4, -0.2) is 50.1 Å². The van der Waals surface area contributed by atoms with Gasteiger partial charge in [-0.25, -0.2) is 4.39 Å². The predicted molar refractivity (Wildman–Crippen MR) is 94.0 cm³/mol. The lowest BCUT2D eigenvalue weighted by Crippen LogP contribution is -2.34. The Morgan fingerprint density at radius 1 is 1.26 bits per heavy atom. The molecule has 1 fully saturated rings. The summed E-state index contributed by atoms with van der Waals surface area (Å²) in [7, 11) is 0. The molecule has 0 radical (unpaired) electrons. The molecule has 1 saturated heterocycles. The lowest BCUT2D eigenvalue weighted by atomic mass is 10.0. The van der Waals surface area contributed by atoms with Gasteiger partial charge in [0, 0.05) is 24.7 Å². The summed E-state index contributed by atoms with van der Waals surface area (Å²) in [6, 6.07) is 9.39. The average molecular weight is 370 g/mol. The maximum Gasteiger partial charge on any atom is 0.246 e. The molecule has 0 aliphatic carbocycles. The summed E-state index contributed by atoms with van der Waals surface area (Å²) < 4.78 is 18.7. The summed E-state index contributed by atoms with van der Waals surface area (Å²) in [6.07, 6.45) is 0. The molecule has 0 saturated carbocycles. The van der Waals surface area contributed by atoms with E-state index in [1.54, 1.807) is 17.0 Å². The van der Waals surface area contributed by atoms with Crippen molar-refractivity contribution in [3.05, 3.63) is 53.7 Å². The highest BCUT2D eigenvalue weighted by molar-refractivity contribution is 5.76. The Morgan fingerprint density at radius 3 is 2.74 bits per heavy atom. The lowest BCUT2D eigenvalue weighted by molar-refractivity contribution is -0.131. The molecule has 140 valence electrons. The fourth-order valence-corrected chi connectivity index (χ4v) is 3.23. The van der Waals surface area contributed by atoms with Gasteiger partial charge in [0.2, 0.25) is 11.7 Å². The van der Waals surface area contributed by atoms with Gasteiger partial charge in [-0.3, -0.25) is 4.79 Å². The van der Waals surface area contributed by atoms with Crippen molar-refractivity contribution >= 4 is 5.91 Å². The van der Waals surface area contributed by atoms with Gasteiger partial charge >= 0.3 is 0 Å². The molecular formula is C18H19FN6O2. The molecule has 3 aromatic rings. The van der Waals surface area contributed by atoms with E-state index in [4.69, 9.17) is 10.2 Å². The van der Waals surface area contributed by atoms with Crippen LogP contribution in [0.15, 0.2) is 40.8 Å². The average Bonchev–Trinajstić information content (AvgIpc) is 3.36. The van der Waals surface area contributed by atoms with E-state index in [9.17, 15) is 9.18 Å². The Hall–Kier alpha value is -3.07. The number of nitrogens with zero attached hydrogens (tertiary/aromatic N) is 5. The van der Waals surface area contributed by atoms with Crippen LogP contribution in [-0.2, 0) is 11.3 Å². The second-order valence-electron chi connectivity index (χ2n) is 6.67. The van der Waals surface area contributed by atoms with Gasteiger partial charge in [0.05, 0.1) is 5.92 Å². The molecule has 3 heterocycles. The number of carbonyl (C=O) groups excluding carboxylic acids is 1. The van der Waals surface area contributed by atoms with Crippen LogP contribution in [0.2, 0.25) is 0 Å². The fourth-order valence-electron chi connectivity index (χ4n) is 3.23. The topological polar surface area (TPSA) is 103 Å². The van der Waals surface area contributed by atoms with Gasteiger partial charge in [-0.2, -0.15) is 4.80 Å². The van der Waals surface area contributed by atoms with Crippen molar-refractivity contribution < 1.29 is 13.6 Å². The smallest absolute Gasteiger partial charge is 0.246 e. The summed E-state index contributed by atoms with van der Waals surface area (Å²) in [5, 5.41) is 12.0. The van der Waals surface area contributed by atoms with Gasteiger partial charge in [-0.15, -0.1) is 10.2 Å². The second-order valence-corrected chi connectivity index (χ2v) is 6.67. The molecule has 0 bridgehead atoms. The van der Waals surface area contributed by atoms with E-state index in [0.717, 1.165) is 11.5 Å². The summed E-state index contributed by atoms with van der Waals surface area (Å²) in [6.45, 7) is 2.78. The van der Waals surface area contributed by atoms with Gasteiger partial charge in [-0.1, -0.05) is 0 Å². The number of tetrazole rings is 1. The minimum atomic E-state index is -0.340. The SMILES string of the molecule is Cc1ccc([C@@H]2CN(C(=O)Cn3nnc(-c4ccc(F)cc4)n3)C[C@H]2N)o1. The van der Waals surface area contributed by atoms with Gasteiger partial charge in [0.25, 0.3) is 0 Å². The number of hydrogen-bond donors (Lipinski definition) is 1. The van der Waals surface area contributed by atoms with Crippen LogP contribution in [0.3, 0.4) is 0 Å². The molecule has 2 aromatic heterocycles. The Labute approximate surface area is 154 Å². The molecule has 2 atom stereocenters. The van der Waals surface area contributed by atoms with Gasteiger partial charge in [0.1, 0.15) is 23.9 Å². The summed E-state index contributed by atoms with van der Waals surface area (Å²) >= 11 is 0. The van der Waals surface area contributed by atoms with Crippen LogP contribution in [0.5, 0.6) is 0 Å². The van der Waals surface area contributed by atoms with Gasteiger partial charge in [0.15, 0.2) is 0 Å². The van der Waals surface area contributed by atoms with E-state index < -0.39 is 0 Å². The van der Waals surface area contributed by atoms with Crippen LogP contribution >= 0.6 is 0 Å². The first-order valence-corrected chi connectivity index (χ1v) is 8.63. The minimum Gasteiger partial charge on any atom is -0.466 e. The summed E-state index contributed by atoms with van der Waals surface area (Å²) in [5.41, 5.74) is 6.83. The van der Waals surface area contributed by atoms with E-state index >= 15 is 0 Å². The zero-order chi connectivity index (χ0) is 19.0. The van der Waals surface area contributed by atoms with E-state index in [2.05, 4.69) is 15.4 Å². The fraction of sp³-hybridized carbons (Fsp3) is 0.333. The number of amides is 1. The maximum absolute atomic E-state index is 13.0. The number of likely N-dealkylation sites (tertiary alicyclic amines) is 1. The Kier molecular flexibility index (Phi) is 4.44. The first-order chi connectivity index (χ1) is 13.0. The minimum absolute atomic E-state index is 0.0267. The molecule has 27 heavy (non-hydrogen) atoms. The number of rotatable bonds is 4. The molecule has 2 N–H and O–H groups in total. The van der Waals surface area contributed by atoms with Crippen molar-refractivity contribution in [1.29, 1.82) is 0 Å². The molecule has 1 amide bonds. The second kappa shape index (κ2) is 6.92. The first-order valence-electron chi connectivity index (χ1n) is 8.63. The van der Waals surface area contributed by atoms with E-state index in [1.807, 2.05) is 19.1 Å². The van der Waals surface area contributed by atoms with E-state index in [-0.39, 0.29) is 30.2 Å². The normalized spacial score (nSPS) is 19.6. The number of benzene rings is 1.